The normalized spacial score (nSPS) is 28.4. The Hall–Kier alpha value is -2.70. The van der Waals surface area contributed by atoms with Gasteiger partial charge in [0.2, 0.25) is 5.75 Å². The molecule has 31 heavy (non-hydrogen) atoms. The van der Waals surface area contributed by atoms with Crippen LogP contribution in [0.3, 0.4) is 0 Å². The molecule has 0 unspecified atom stereocenters. The molecule has 4 saturated carbocycles. The number of benzene rings is 1. The minimum absolute atomic E-state index is 0.0791. The van der Waals surface area contributed by atoms with Crippen LogP contribution in [0.2, 0.25) is 0 Å². The number of methoxy groups -OCH3 is 3. The summed E-state index contributed by atoms with van der Waals surface area (Å²) in [6.07, 6.45) is 10.0. The van der Waals surface area contributed by atoms with Crippen LogP contribution in [0.1, 0.15) is 44.1 Å². The first-order valence-electron chi connectivity index (χ1n) is 10.9. The Balaban J connectivity index is 1.31. The summed E-state index contributed by atoms with van der Waals surface area (Å²) in [7, 11) is 4.59. The first-order valence-corrected chi connectivity index (χ1v) is 10.9. The number of carbonyl (C=O) groups is 2. The van der Waals surface area contributed by atoms with E-state index in [0.29, 0.717) is 22.8 Å². The van der Waals surface area contributed by atoms with Gasteiger partial charge in [-0.05, 0) is 80.1 Å². The van der Waals surface area contributed by atoms with E-state index < -0.39 is 5.97 Å². The zero-order valence-electron chi connectivity index (χ0n) is 18.4. The number of nitrogens with one attached hydrogen (secondary N) is 1. The van der Waals surface area contributed by atoms with Crippen LogP contribution in [0.25, 0.3) is 6.08 Å². The molecule has 4 aliphatic rings. The second kappa shape index (κ2) is 8.81. The van der Waals surface area contributed by atoms with Gasteiger partial charge >= 0.3 is 5.97 Å². The highest BCUT2D eigenvalue weighted by molar-refractivity contribution is 5.89. The molecule has 4 bridgehead atoms. The van der Waals surface area contributed by atoms with Gasteiger partial charge < -0.3 is 24.3 Å². The van der Waals surface area contributed by atoms with Gasteiger partial charge in [0.05, 0.1) is 21.3 Å². The van der Waals surface area contributed by atoms with Crippen LogP contribution in [-0.2, 0) is 14.3 Å². The van der Waals surface area contributed by atoms with Crippen molar-refractivity contribution in [2.75, 3.05) is 27.9 Å². The van der Waals surface area contributed by atoms with Crippen molar-refractivity contribution in [2.24, 2.45) is 17.8 Å². The number of ether oxygens (including phenoxy) is 4. The van der Waals surface area contributed by atoms with Crippen LogP contribution < -0.4 is 19.5 Å². The third-order valence-corrected chi connectivity index (χ3v) is 6.89. The third-order valence-electron chi connectivity index (χ3n) is 6.89. The highest BCUT2D eigenvalue weighted by atomic mass is 16.5. The van der Waals surface area contributed by atoms with Crippen molar-refractivity contribution in [3.63, 3.8) is 0 Å². The molecule has 0 radical (unpaired) electrons. The Labute approximate surface area is 183 Å². The maximum Gasteiger partial charge on any atom is 0.331 e. The lowest BCUT2D eigenvalue weighted by Crippen LogP contribution is -2.60. The molecule has 0 aromatic heterocycles. The largest absolute Gasteiger partial charge is 0.493 e. The molecule has 1 aromatic rings. The van der Waals surface area contributed by atoms with Gasteiger partial charge in [-0.25, -0.2) is 4.79 Å². The second-order valence-corrected chi connectivity index (χ2v) is 9.15. The van der Waals surface area contributed by atoms with Gasteiger partial charge in [0.25, 0.3) is 5.91 Å². The summed E-state index contributed by atoms with van der Waals surface area (Å²) in [5.41, 5.74) is 0.606. The quantitative estimate of drug-likeness (QED) is 0.504. The number of rotatable bonds is 8. The average molecular weight is 430 g/mol. The lowest BCUT2D eigenvalue weighted by atomic mass is 9.53. The van der Waals surface area contributed by atoms with E-state index in [9.17, 15) is 9.59 Å². The van der Waals surface area contributed by atoms with Crippen molar-refractivity contribution < 1.29 is 28.5 Å². The molecular weight excluding hydrogens is 398 g/mol. The van der Waals surface area contributed by atoms with Crippen LogP contribution in [0, 0.1) is 17.8 Å². The number of esters is 1. The van der Waals surface area contributed by atoms with Crippen LogP contribution >= 0.6 is 0 Å². The summed E-state index contributed by atoms with van der Waals surface area (Å²) in [6, 6.07) is 3.45. The van der Waals surface area contributed by atoms with Gasteiger partial charge in [0, 0.05) is 11.6 Å². The number of hydrogen-bond acceptors (Lipinski definition) is 6. The summed E-state index contributed by atoms with van der Waals surface area (Å²) in [4.78, 5) is 24.6. The van der Waals surface area contributed by atoms with Gasteiger partial charge in [0.15, 0.2) is 18.1 Å². The Kier molecular flexibility index (Phi) is 6.12. The number of hydrogen-bond donors (Lipinski definition) is 1. The highest BCUT2D eigenvalue weighted by Gasteiger charge is 2.51. The van der Waals surface area contributed by atoms with Crippen LogP contribution in [0.4, 0.5) is 0 Å². The second-order valence-electron chi connectivity index (χ2n) is 9.15. The lowest BCUT2D eigenvalue weighted by Gasteiger charge is -2.56. The fourth-order valence-corrected chi connectivity index (χ4v) is 6.14. The van der Waals surface area contributed by atoms with E-state index in [2.05, 4.69) is 5.32 Å². The monoisotopic (exact) mass is 429 g/mol. The smallest absolute Gasteiger partial charge is 0.331 e. The van der Waals surface area contributed by atoms with Gasteiger partial charge in [-0.15, -0.1) is 0 Å². The van der Waals surface area contributed by atoms with Gasteiger partial charge in [-0.2, -0.15) is 0 Å². The molecule has 0 aliphatic heterocycles. The van der Waals surface area contributed by atoms with E-state index in [1.165, 1.54) is 46.7 Å². The minimum atomic E-state index is -0.575. The van der Waals surface area contributed by atoms with Crippen molar-refractivity contribution in [1.29, 1.82) is 0 Å². The zero-order chi connectivity index (χ0) is 22.0. The predicted octanol–water partition coefficient (Wildman–Crippen LogP) is 3.35. The summed E-state index contributed by atoms with van der Waals surface area (Å²) >= 11 is 0. The number of amides is 1. The fourth-order valence-electron chi connectivity index (χ4n) is 6.14. The standard InChI is InChI=1S/C24H31NO6/c1-28-19-9-15(10-20(29-2)23(19)30-3)4-5-22(27)31-14-21(26)25-24-11-16-6-17(12-24)8-18(7-16)13-24/h4-5,9-10,16-18H,6-8,11-14H2,1-3H3,(H,25,26). The van der Waals surface area contributed by atoms with E-state index in [-0.39, 0.29) is 18.1 Å². The summed E-state index contributed by atoms with van der Waals surface area (Å²) < 4.78 is 21.1. The molecule has 0 heterocycles. The highest BCUT2D eigenvalue weighted by Crippen LogP contribution is 2.55. The molecule has 0 spiro atoms. The van der Waals surface area contributed by atoms with Crippen LogP contribution in [0.5, 0.6) is 17.2 Å². The first kappa shape index (κ1) is 21.5. The first-order chi connectivity index (χ1) is 14.9. The molecule has 1 aromatic carbocycles. The van der Waals surface area contributed by atoms with E-state index in [0.717, 1.165) is 37.0 Å². The molecule has 168 valence electrons. The van der Waals surface area contributed by atoms with Gasteiger partial charge in [-0.3, -0.25) is 4.79 Å². The molecule has 0 saturated heterocycles. The molecule has 7 nitrogen and oxygen atoms in total. The van der Waals surface area contributed by atoms with E-state index in [1.54, 1.807) is 18.2 Å². The Morgan fingerprint density at radius 1 is 0.968 bits per heavy atom. The van der Waals surface area contributed by atoms with Crippen molar-refractivity contribution >= 4 is 18.0 Å². The Morgan fingerprint density at radius 3 is 2.00 bits per heavy atom. The van der Waals surface area contributed by atoms with Crippen molar-refractivity contribution in [3.8, 4) is 17.2 Å². The number of carbonyl (C=O) groups excluding carboxylic acids is 2. The summed E-state index contributed by atoms with van der Waals surface area (Å²) in [5, 5.41) is 3.21. The molecule has 5 rings (SSSR count). The fraction of sp³-hybridized carbons (Fsp3) is 0.583. The topological polar surface area (TPSA) is 83.1 Å². The van der Waals surface area contributed by atoms with Crippen LogP contribution in [0.15, 0.2) is 18.2 Å². The lowest BCUT2D eigenvalue weighted by molar-refractivity contribution is -0.145. The zero-order valence-corrected chi connectivity index (χ0v) is 18.4. The SMILES string of the molecule is COc1cc(C=CC(=O)OCC(=O)NC23CC4CC(CC(C4)C2)C3)cc(OC)c1OC. The average Bonchev–Trinajstić information content (AvgIpc) is 2.74. The molecule has 0 atom stereocenters. The molecule has 1 amide bonds. The van der Waals surface area contributed by atoms with Crippen molar-refractivity contribution in [3.05, 3.63) is 23.8 Å². The van der Waals surface area contributed by atoms with Gasteiger partial charge in [0.1, 0.15) is 0 Å². The summed E-state index contributed by atoms with van der Waals surface area (Å²) in [5.74, 6) is 2.91. The maximum absolute atomic E-state index is 12.5. The van der Waals surface area contributed by atoms with E-state index >= 15 is 0 Å². The van der Waals surface area contributed by atoms with Crippen LogP contribution in [-0.4, -0.2) is 45.4 Å². The maximum atomic E-state index is 12.5. The summed E-state index contributed by atoms with van der Waals surface area (Å²) in [6.45, 7) is -0.264. The molecule has 1 N–H and O–H groups in total. The van der Waals surface area contributed by atoms with E-state index in [4.69, 9.17) is 18.9 Å². The van der Waals surface area contributed by atoms with Crippen molar-refractivity contribution in [2.45, 2.75) is 44.1 Å². The third kappa shape index (κ3) is 4.65. The Bertz CT molecular complexity index is 817. The van der Waals surface area contributed by atoms with Gasteiger partial charge in [-0.1, -0.05) is 0 Å². The minimum Gasteiger partial charge on any atom is -0.493 e. The molecule has 7 heteroatoms. The van der Waals surface area contributed by atoms with E-state index in [1.807, 2.05) is 0 Å². The molecule has 4 fully saturated rings. The van der Waals surface area contributed by atoms with Crippen molar-refractivity contribution in [1.82, 2.24) is 5.32 Å². The molecular formula is C24H31NO6. The molecule has 4 aliphatic carbocycles. The predicted molar refractivity (Wildman–Crippen MR) is 115 cm³/mol. The Morgan fingerprint density at radius 2 is 1.52 bits per heavy atom.